The molecular weight excluding hydrogens is 294 g/mol. The van der Waals surface area contributed by atoms with Crippen LogP contribution in [0.2, 0.25) is 0 Å². The Morgan fingerprint density at radius 2 is 2.00 bits per heavy atom. The summed E-state index contributed by atoms with van der Waals surface area (Å²) in [6.07, 6.45) is 0. The Morgan fingerprint density at radius 3 is 2.72 bits per heavy atom. The van der Waals surface area contributed by atoms with Crippen LogP contribution in [0.3, 0.4) is 0 Å². The van der Waals surface area contributed by atoms with Crippen LogP contribution >= 0.6 is 15.9 Å². The zero-order valence-corrected chi connectivity index (χ0v) is 11.9. The highest BCUT2D eigenvalue weighted by atomic mass is 79.9. The van der Waals surface area contributed by atoms with Gasteiger partial charge in [0.2, 0.25) is 0 Å². The third-order valence-electron chi connectivity index (χ3n) is 2.56. The lowest BCUT2D eigenvalue weighted by Crippen LogP contribution is -2.12. The van der Waals surface area contributed by atoms with Crippen LogP contribution in [-0.4, -0.2) is 7.11 Å². The van der Waals surface area contributed by atoms with E-state index in [2.05, 4.69) is 45.5 Å². The van der Waals surface area contributed by atoms with Gasteiger partial charge < -0.3 is 14.5 Å². The molecule has 2 rings (SSSR count). The van der Waals surface area contributed by atoms with Crippen LogP contribution in [0.5, 0.6) is 0 Å². The van der Waals surface area contributed by atoms with Gasteiger partial charge >= 0.3 is 0 Å². The van der Waals surface area contributed by atoms with Crippen molar-refractivity contribution in [2.75, 3.05) is 7.11 Å². The topological polar surface area (TPSA) is 34.4 Å². The molecule has 18 heavy (non-hydrogen) atoms. The van der Waals surface area contributed by atoms with Gasteiger partial charge in [0.1, 0.15) is 5.76 Å². The summed E-state index contributed by atoms with van der Waals surface area (Å²) in [5, 5.41) is 3.35. The van der Waals surface area contributed by atoms with Gasteiger partial charge in [-0.15, -0.1) is 0 Å². The summed E-state index contributed by atoms with van der Waals surface area (Å²) < 4.78 is 11.3. The molecule has 0 aliphatic heterocycles. The fraction of sp³-hybridized carbons (Fsp3) is 0.286. The minimum Gasteiger partial charge on any atom is -0.453 e. The monoisotopic (exact) mass is 309 g/mol. The van der Waals surface area contributed by atoms with Gasteiger partial charge in [-0.05, 0) is 39.2 Å². The van der Waals surface area contributed by atoms with Crippen molar-refractivity contribution < 1.29 is 9.15 Å². The largest absolute Gasteiger partial charge is 0.453 e. The van der Waals surface area contributed by atoms with E-state index in [1.165, 1.54) is 11.1 Å². The summed E-state index contributed by atoms with van der Waals surface area (Å²) in [6.45, 7) is 2.19. The van der Waals surface area contributed by atoms with Crippen molar-refractivity contribution in [2.45, 2.75) is 19.7 Å². The van der Waals surface area contributed by atoms with E-state index < -0.39 is 0 Å². The fourth-order valence-corrected chi connectivity index (χ4v) is 2.11. The second kappa shape index (κ2) is 6.73. The minimum atomic E-state index is 0.652. The van der Waals surface area contributed by atoms with Gasteiger partial charge in [-0.2, -0.15) is 0 Å². The number of benzene rings is 1. The summed E-state index contributed by atoms with van der Waals surface area (Å²) in [5.41, 5.74) is 2.44. The van der Waals surface area contributed by atoms with Gasteiger partial charge in [0, 0.05) is 13.7 Å². The lowest BCUT2D eigenvalue weighted by Gasteiger charge is -2.05. The van der Waals surface area contributed by atoms with Gasteiger partial charge in [-0.25, -0.2) is 0 Å². The van der Waals surface area contributed by atoms with E-state index in [9.17, 15) is 0 Å². The quantitative estimate of drug-likeness (QED) is 0.887. The van der Waals surface area contributed by atoms with Crippen molar-refractivity contribution in [2.24, 2.45) is 0 Å². The van der Waals surface area contributed by atoms with Crippen molar-refractivity contribution in [1.82, 2.24) is 5.32 Å². The van der Waals surface area contributed by atoms with Crippen molar-refractivity contribution >= 4 is 15.9 Å². The Hall–Kier alpha value is -1.10. The van der Waals surface area contributed by atoms with Crippen LogP contribution in [-0.2, 0) is 24.4 Å². The number of halogens is 1. The second-order valence-corrected chi connectivity index (χ2v) is 4.84. The fourth-order valence-electron chi connectivity index (χ4n) is 1.77. The first-order chi connectivity index (χ1) is 8.78. The van der Waals surface area contributed by atoms with Crippen LogP contribution in [0.25, 0.3) is 0 Å². The third kappa shape index (κ3) is 3.98. The lowest BCUT2D eigenvalue weighted by molar-refractivity contribution is 0.185. The maximum absolute atomic E-state index is 5.42. The van der Waals surface area contributed by atoms with Gasteiger partial charge in [-0.1, -0.05) is 24.3 Å². The van der Waals surface area contributed by atoms with Crippen molar-refractivity contribution in [1.29, 1.82) is 0 Å². The summed E-state index contributed by atoms with van der Waals surface area (Å²) in [4.78, 5) is 0. The molecule has 0 bridgehead atoms. The summed E-state index contributed by atoms with van der Waals surface area (Å²) in [7, 11) is 1.71. The molecule has 0 aliphatic rings. The maximum atomic E-state index is 5.42. The lowest BCUT2D eigenvalue weighted by atomic mass is 10.1. The first-order valence-corrected chi connectivity index (χ1v) is 6.59. The standard InChI is InChI=1S/C14H16BrNO2/c1-17-10-12-4-2-3-11(7-12)8-16-9-13-5-6-14(15)18-13/h2-7,16H,8-10H2,1H3. The minimum absolute atomic E-state index is 0.652. The predicted molar refractivity (Wildman–Crippen MR) is 74.1 cm³/mol. The molecular formula is C14H16BrNO2. The van der Waals surface area contributed by atoms with Crippen LogP contribution in [0.4, 0.5) is 0 Å². The Bertz CT molecular complexity index is 496. The molecule has 0 saturated heterocycles. The van der Waals surface area contributed by atoms with Gasteiger partial charge in [0.25, 0.3) is 0 Å². The molecule has 0 amide bonds. The smallest absolute Gasteiger partial charge is 0.169 e. The van der Waals surface area contributed by atoms with E-state index in [0.29, 0.717) is 6.61 Å². The molecule has 0 fully saturated rings. The van der Waals surface area contributed by atoms with Crippen molar-refractivity contribution in [3.05, 3.63) is 58.0 Å². The molecule has 1 heterocycles. The molecule has 3 nitrogen and oxygen atoms in total. The maximum Gasteiger partial charge on any atom is 0.169 e. The molecule has 1 N–H and O–H groups in total. The number of nitrogens with one attached hydrogen (secondary N) is 1. The highest BCUT2D eigenvalue weighted by molar-refractivity contribution is 9.10. The van der Waals surface area contributed by atoms with Crippen LogP contribution in [0.1, 0.15) is 16.9 Å². The molecule has 2 aromatic rings. The van der Waals surface area contributed by atoms with E-state index in [0.717, 1.165) is 23.5 Å². The number of methoxy groups -OCH3 is 1. The zero-order valence-electron chi connectivity index (χ0n) is 10.3. The number of ether oxygens (including phenoxy) is 1. The second-order valence-electron chi connectivity index (χ2n) is 4.06. The van der Waals surface area contributed by atoms with E-state index in [1.807, 2.05) is 12.1 Å². The zero-order chi connectivity index (χ0) is 12.8. The van der Waals surface area contributed by atoms with E-state index >= 15 is 0 Å². The van der Waals surface area contributed by atoms with Crippen molar-refractivity contribution in [3.8, 4) is 0 Å². The number of furan rings is 1. The molecule has 0 unspecified atom stereocenters. The normalized spacial score (nSPS) is 10.8. The Labute approximate surface area is 115 Å². The van der Waals surface area contributed by atoms with Crippen LogP contribution in [0.15, 0.2) is 45.5 Å². The SMILES string of the molecule is COCc1cccc(CNCc2ccc(Br)o2)c1. The van der Waals surface area contributed by atoms with E-state index in [4.69, 9.17) is 9.15 Å². The molecule has 0 aliphatic carbocycles. The first kappa shape index (κ1) is 13.3. The third-order valence-corrected chi connectivity index (χ3v) is 2.99. The predicted octanol–water partition coefficient (Wildman–Crippen LogP) is 3.48. The first-order valence-electron chi connectivity index (χ1n) is 5.79. The number of hydrogen-bond acceptors (Lipinski definition) is 3. The summed E-state index contributed by atoms with van der Waals surface area (Å²) in [5.74, 6) is 0.926. The van der Waals surface area contributed by atoms with Gasteiger partial charge in [0.15, 0.2) is 4.67 Å². The summed E-state index contributed by atoms with van der Waals surface area (Å²) >= 11 is 3.29. The van der Waals surface area contributed by atoms with Gasteiger partial charge in [0.05, 0.1) is 13.2 Å². The summed E-state index contributed by atoms with van der Waals surface area (Å²) in [6, 6.07) is 12.2. The molecule has 4 heteroatoms. The average Bonchev–Trinajstić information content (AvgIpc) is 2.76. The van der Waals surface area contributed by atoms with E-state index in [-0.39, 0.29) is 0 Å². The van der Waals surface area contributed by atoms with Crippen molar-refractivity contribution in [3.63, 3.8) is 0 Å². The van der Waals surface area contributed by atoms with E-state index in [1.54, 1.807) is 7.11 Å². The highest BCUT2D eigenvalue weighted by Crippen LogP contribution is 2.14. The Morgan fingerprint density at radius 1 is 1.17 bits per heavy atom. The average molecular weight is 310 g/mol. The molecule has 0 spiro atoms. The number of hydrogen-bond donors (Lipinski definition) is 1. The Balaban J connectivity index is 1.84. The molecule has 0 saturated carbocycles. The molecule has 96 valence electrons. The molecule has 1 aromatic heterocycles. The van der Waals surface area contributed by atoms with Crippen LogP contribution < -0.4 is 5.32 Å². The molecule has 1 aromatic carbocycles. The molecule has 0 atom stereocenters. The Kier molecular flexibility index (Phi) is 4.99. The van der Waals surface area contributed by atoms with Crippen LogP contribution in [0, 0.1) is 0 Å². The molecule has 0 radical (unpaired) electrons. The number of rotatable bonds is 6. The highest BCUT2D eigenvalue weighted by Gasteiger charge is 2.00. The van der Waals surface area contributed by atoms with Gasteiger partial charge in [-0.3, -0.25) is 0 Å².